The van der Waals surface area contributed by atoms with Crippen LogP contribution in [0.1, 0.15) is 50.7 Å². The molecular weight excluding hydrogens is 218 g/mol. The molecule has 3 atom stereocenters. The third-order valence-electron chi connectivity index (χ3n) is 5.96. The van der Waals surface area contributed by atoms with Crippen LogP contribution in [0.4, 0.5) is 0 Å². The largest absolute Gasteiger partial charge is 0.357 e. The summed E-state index contributed by atoms with van der Waals surface area (Å²) in [5.41, 5.74) is 8.36. The third-order valence-corrected chi connectivity index (χ3v) is 5.96. The van der Waals surface area contributed by atoms with Crippen molar-refractivity contribution in [3.8, 4) is 0 Å². The highest BCUT2D eigenvalue weighted by atomic mass is 14.7. The summed E-state index contributed by atoms with van der Waals surface area (Å²) in [6.07, 6.45) is 6.74. The summed E-state index contributed by atoms with van der Waals surface area (Å²) in [5, 5.41) is 0. The fourth-order valence-corrected chi connectivity index (χ4v) is 4.86. The van der Waals surface area contributed by atoms with Crippen LogP contribution in [0.5, 0.6) is 0 Å². The van der Waals surface area contributed by atoms with E-state index >= 15 is 0 Å². The molecule has 1 saturated carbocycles. The Labute approximate surface area is 111 Å². The van der Waals surface area contributed by atoms with Gasteiger partial charge in [0.2, 0.25) is 0 Å². The Hall–Kier alpha value is -0.820. The lowest BCUT2D eigenvalue weighted by Crippen LogP contribution is -2.63. The molecule has 0 saturated heterocycles. The fraction of sp³-hybridized carbons (Fsp3) is 0.647. The predicted octanol–water partition coefficient (Wildman–Crippen LogP) is 2.94. The van der Waals surface area contributed by atoms with E-state index in [9.17, 15) is 0 Å². The van der Waals surface area contributed by atoms with Gasteiger partial charge in [0, 0.05) is 5.41 Å². The summed E-state index contributed by atoms with van der Waals surface area (Å²) in [4.78, 5) is 0. The maximum absolute atomic E-state index is 4.26. The topological polar surface area (TPSA) is 27.6 Å². The van der Waals surface area contributed by atoms with Crippen molar-refractivity contribution in [2.45, 2.75) is 51.4 Å². The molecule has 1 fully saturated rings. The van der Waals surface area contributed by atoms with Gasteiger partial charge in [0.1, 0.15) is 0 Å². The maximum atomic E-state index is 4.26. The molecule has 0 unspecified atom stereocenters. The molecule has 0 radical (unpaired) electrons. The fourth-order valence-electron chi connectivity index (χ4n) is 4.86. The first kappa shape index (κ1) is 12.2. The van der Waals surface area contributed by atoms with Gasteiger partial charge in [0.05, 0.1) is 6.54 Å². The molecule has 0 aromatic heterocycles. The third kappa shape index (κ3) is 1.56. The second-order valence-electron chi connectivity index (χ2n) is 6.92. The van der Waals surface area contributed by atoms with Crippen molar-refractivity contribution in [1.29, 1.82) is 0 Å². The quantitative estimate of drug-likeness (QED) is 0.786. The Bertz CT molecular complexity index is 453. The molecule has 3 N–H and O–H groups in total. The summed E-state index contributed by atoms with van der Waals surface area (Å²) in [6, 6.07) is 9.15. The molecule has 1 heteroatoms. The summed E-state index contributed by atoms with van der Waals surface area (Å²) in [6.45, 7) is 6.09. The van der Waals surface area contributed by atoms with Gasteiger partial charge in [-0.05, 0) is 48.1 Å². The van der Waals surface area contributed by atoms with Crippen LogP contribution in [0.15, 0.2) is 24.3 Å². The van der Waals surface area contributed by atoms with Gasteiger partial charge in [-0.3, -0.25) is 0 Å². The van der Waals surface area contributed by atoms with Gasteiger partial charge in [-0.1, -0.05) is 44.5 Å². The number of hydrogen-bond donors (Lipinski definition) is 1. The molecular formula is C17H26N+. The van der Waals surface area contributed by atoms with Gasteiger partial charge in [0.25, 0.3) is 0 Å². The average Bonchev–Trinajstić information content (AvgIpc) is 2.39. The summed E-state index contributed by atoms with van der Waals surface area (Å²) < 4.78 is 0. The van der Waals surface area contributed by atoms with Gasteiger partial charge in [-0.15, -0.1) is 0 Å². The lowest BCUT2D eigenvalue weighted by Gasteiger charge is -2.54. The molecule has 2 aliphatic rings. The SMILES string of the molecule is C[C@]1(C[NH3+])CCC[C@]2(C)c3ccccc3CC[C@@H]12. The molecule has 0 spiro atoms. The summed E-state index contributed by atoms with van der Waals surface area (Å²) in [5.74, 6) is 0.825. The van der Waals surface area contributed by atoms with Crippen LogP contribution in [0.25, 0.3) is 0 Å². The van der Waals surface area contributed by atoms with Gasteiger partial charge in [-0.25, -0.2) is 0 Å². The zero-order valence-electron chi connectivity index (χ0n) is 11.8. The highest BCUT2D eigenvalue weighted by Gasteiger charge is 2.51. The molecule has 0 aliphatic heterocycles. The minimum Gasteiger partial charge on any atom is -0.357 e. The number of benzene rings is 1. The normalized spacial score (nSPS) is 38.9. The monoisotopic (exact) mass is 244 g/mol. The van der Waals surface area contributed by atoms with Crippen LogP contribution in [0, 0.1) is 11.3 Å². The first-order chi connectivity index (χ1) is 8.60. The number of quaternary nitrogens is 1. The van der Waals surface area contributed by atoms with Crippen molar-refractivity contribution in [3.05, 3.63) is 35.4 Å². The average molecular weight is 244 g/mol. The van der Waals surface area contributed by atoms with Crippen molar-refractivity contribution < 1.29 is 5.73 Å². The van der Waals surface area contributed by atoms with Crippen molar-refractivity contribution in [2.75, 3.05) is 6.54 Å². The van der Waals surface area contributed by atoms with E-state index in [1.165, 1.54) is 32.1 Å². The van der Waals surface area contributed by atoms with E-state index in [0.717, 1.165) is 12.5 Å². The smallest absolute Gasteiger partial charge is 0.0797 e. The van der Waals surface area contributed by atoms with Crippen molar-refractivity contribution in [3.63, 3.8) is 0 Å². The van der Waals surface area contributed by atoms with E-state index in [-0.39, 0.29) is 0 Å². The predicted molar refractivity (Wildman–Crippen MR) is 75.3 cm³/mol. The Kier molecular flexibility index (Phi) is 2.78. The molecule has 0 bridgehead atoms. The zero-order chi connectivity index (χ0) is 12.8. The maximum Gasteiger partial charge on any atom is 0.0797 e. The molecule has 98 valence electrons. The van der Waals surface area contributed by atoms with E-state index in [4.69, 9.17) is 0 Å². The zero-order valence-corrected chi connectivity index (χ0v) is 11.8. The van der Waals surface area contributed by atoms with Crippen LogP contribution in [-0.2, 0) is 11.8 Å². The molecule has 0 amide bonds. The minimum atomic E-state index is 0.402. The van der Waals surface area contributed by atoms with E-state index < -0.39 is 0 Å². The molecule has 3 rings (SSSR count). The summed E-state index contributed by atoms with van der Waals surface area (Å²) >= 11 is 0. The Morgan fingerprint density at radius 2 is 2.00 bits per heavy atom. The lowest BCUT2D eigenvalue weighted by atomic mass is 9.50. The molecule has 1 nitrogen and oxygen atoms in total. The van der Waals surface area contributed by atoms with Gasteiger partial charge in [-0.2, -0.15) is 0 Å². The first-order valence-electron chi connectivity index (χ1n) is 7.48. The van der Waals surface area contributed by atoms with Gasteiger partial charge >= 0.3 is 0 Å². The van der Waals surface area contributed by atoms with Crippen LogP contribution in [0.2, 0.25) is 0 Å². The number of fused-ring (bicyclic) bond motifs is 3. The van der Waals surface area contributed by atoms with Crippen molar-refractivity contribution in [1.82, 2.24) is 0 Å². The van der Waals surface area contributed by atoms with E-state index in [2.05, 4.69) is 43.8 Å². The first-order valence-corrected chi connectivity index (χ1v) is 7.48. The van der Waals surface area contributed by atoms with Crippen LogP contribution < -0.4 is 5.73 Å². The Balaban J connectivity index is 2.09. The van der Waals surface area contributed by atoms with Crippen LogP contribution >= 0.6 is 0 Å². The molecule has 0 heterocycles. The van der Waals surface area contributed by atoms with Crippen molar-refractivity contribution >= 4 is 0 Å². The second kappa shape index (κ2) is 4.09. The Morgan fingerprint density at radius 1 is 1.22 bits per heavy atom. The minimum absolute atomic E-state index is 0.402. The lowest BCUT2D eigenvalue weighted by molar-refractivity contribution is -0.399. The van der Waals surface area contributed by atoms with Crippen LogP contribution in [-0.4, -0.2) is 6.54 Å². The van der Waals surface area contributed by atoms with E-state index in [0.29, 0.717) is 10.8 Å². The highest BCUT2D eigenvalue weighted by Crippen LogP contribution is 2.56. The van der Waals surface area contributed by atoms with Gasteiger partial charge < -0.3 is 5.73 Å². The standard InChI is InChI=1S/C17H25N/c1-16(12-18)10-5-11-17(2)14-7-4-3-6-13(14)8-9-15(16)17/h3-4,6-7,15H,5,8-12,18H2,1-2H3/p+1/t15-,16+,17+/m0/s1. The van der Waals surface area contributed by atoms with Crippen molar-refractivity contribution in [2.24, 2.45) is 11.3 Å². The van der Waals surface area contributed by atoms with E-state index in [1.807, 2.05) is 0 Å². The van der Waals surface area contributed by atoms with Crippen LogP contribution in [0.3, 0.4) is 0 Å². The number of aryl methyl sites for hydroxylation is 1. The summed E-state index contributed by atoms with van der Waals surface area (Å²) in [7, 11) is 0. The molecule has 1 aromatic rings. The Morgan fingerprint density at radius 3 is 2.78 bits per heavy atom. The van der Waals surface area contributed by atoms with Gasteiger partial charge in [0.15, 0.2) is 0 Å². The molecule has 1 aromatic carbocycles. The highest BCUT2D eigenvalue weighted by molar-refractivity contribution is 5.38. The van der Waals surface area contributed by atoms with E-state index in [1.54, 1.807) is 11.1 Å². The number of hydrogen-bond acceptors (Lipinski definition) is 0. The second-order valence-corrected chi connectivity index (χ2v) is 6.92. The number of rotatable bonds is 1. The molecule has 18 heavy (non-hydrogen) atoms. The molecule has 2 aliphatic carbocycles.